The molecule has 0 spiro atoms. The first-order valence-corrected chi connectivity index (χ1v) is 9.14. The predicted octanol–water partition coefficient (Wildman–Crippen LogP) is 2.46. The monoisotopic (exact) mass is 389 g/mol. The molecule has 0 saturated carbocycles. The second-order valence-corrected chi connectivity index (χ2v) is 7.26. The molecule has 3 aromatic rings. The summed E-state index contributed by atoms with van der Waals surface area (Å²) in [5.74, 6) is -1.76. The summed E-state index contributed by atoms with van der Waals surface area (Å²) in [7, 11) is 0. The minimum absolute atomic E-state index is 0.0195. The molecule has 1 aliphatic heterocycles. The Morgan fingerprint density at radius 3 is 2.78 bits per heavy atom. The molecular weight excluding hydrogens is 373 g/mol. The Hall–Kier alpha value is -2.78. The quantitative estimate of drug-likeness (QED) is 0.744. The molecule has 2 aromatic heterocycles. The maximum Gasteiger partial charge on any atom is 0.328 e. The van der Waals surface area contributed by atoms with Crippen molar-refractivity contribution >= 4 is 33.4 Å². The van der Waals surface area contributed by atoms with Crippen molar-refractivity contribution in [2.75, 3.05) is 19.8 Å². The lowest BCUT2D eigenvalue weighted by Gasteiger charge is -2.32. The number of benzene rings is 1. The largest absolute Gasteiger partial charge is 0.480 e. The molecule has 1 fully saturated rings. The minimum atomic E-state index is -1.09. The molecule has 140 valence electrons. The third-order valence-electron chi connectivity index (χ3n) is 4.50. The van der Waals surface area contributed by atoms with Gasteiger partial charge in [-0.25, -0.2) is 13.9 Å². The zero-order chi connectivity index (χ0) is 19.1. The molecule has 3 heterocycles. The summed E-state index contributed by atoms with van der Waals surface area (Å²) in [6, 6.07) is 6.67. The number of ether oxygens (including phenoxy) is 1. The SMILES string of the molecule is Cc1nn(-c2ccc(F)cc2)c2sc(C(=O)N3CCOCC3C(=O)O)cc12. The number of hydrogen-bond acceptors (Lipinski definition) is 5. The van der Waals surface area contributed by atoms with Gasteiger partial charge in [0.15, 0.2) is 6.04 Å². The van der Waals surface area contributed by atoms with E-state index in [1.54, 1.807) is 22.9 Å². The molecule has 1 saturated heterocycles. The van der Waals surface area contributed by atoms with Crippen molar-refractivity contribution in [3.63, 3.8) is 0 Å². The number of carboxylic acids is 1. The number of rotatable bonds is 3. The van der Waals surface area contributed by atoms with E-state index in [1.165, 1.54) is 28.4 Å². The van der Waals surface area contributed by atoms with E-state index in [-0.39, 0.29) is 24.9 Å². The van der Waals surface area contributed by atoms with Crippen molar-refractivity contribution in [3.8, 4) is 5.69 Å². The second-order valence-electron chi connectivity index (χ2n) is 6.23. The molecule has 1 aliphatic rings. The van der Waals surface area contributed by atoms with Gasteiger partial charge in [0, 0.05) is 11.9 Å². The van der Waals surface area contributed by atoms with E-state index < -0.39 is 12.0 Å². The Morgan fingerprint density at radius 1 is 1.33 bits per heavy atom. The fourth-order valence-electron chi connectivity index (χ4n) is 3.10. The van der Waals surface area contributed by atoms with Crippen LogP contribution in [0.5, 0.6) is 0 Å². The molecule has 1 aromatic carbocycles. The number of thiophene rings is 1. The van der Waals surface area contributed by atoms with Crippen LogP contribution in [0.15, 0.2) is 30.3 Å². The first-order chi connectivity index (χ1) is 13.0. The van der Waals surface area contributed by atoms with Gasteiger partial charge >= 0.3 is 5.97 Å². The Bertz CT molecular complexity index is 1030. The van der Waals surface area contributed by atoms with E-state index in [2.05, 4.69) is 5.10 Å². The summed E-state index contributed by atoms with van der Waals surface area (Å²) in [5, 5.41) is 14.6. The number of carboxylic acid groups (broad SMARTS) is 1. The number of aryl methyl sites for hydroxylation is 1. The van der Waals surface area contributed by atoms with Gasteiger partial charge in [-0.2, -0.15) is 5.10 Å². The van der Waals surface area contributed by atoms with Crippen molar-refractivity contribution in [1.29, 1.82) is 0 Å². The average molecular weight is 389 g/mol. The number of carbonyl (C=O) groups is 2. The summed E-state index contributed by atoms with van der Waals surface area (Å²) in [4.78, 5) is 26.9. The van der Waals surface area contributed by atoms with E-state index >= 15 is 0 Å². The second kappa shape index (κ2) is 6.75. The lowest BCUT2D eigenvalue weighted by molar-refractivity contribution is -0.147. The van der Waals surface area contributed by atoms with Crippen LogP contribution in [0.25, 0.3) is 15.9 Å². The fraction of sp³-hybridized carbons (Fsp3) is 0.278. The summed E-state index contributed by atoms with van der Waals surface area (Å²) in [6.07, 6.45) is 0. The van der Waals surface area contributed by atoms with Crippen LogP contribution in [-0.4, -0.2) is 57.5 Å². The van der Waals surface area contributed by atoms with Gasteiger partial charge in [-0.15, -0.1) is 11.3 Å². The number of fused-ring (bicyclic) bond motifs is 1. The highest BCUT2D eigenvalue weighted by Gasteiger charge is 2.34. The van der Waals surface area contributed by atoms with E-state index in [1.807, 2.05) is 6.92 Å². The zero-order valence-corrected chi connectivity index (χ0v) is 15.2. The molecule has 1 N–H and O–H groups in total. The number of hydrogen-bond donors (Lipinski definition) is 1. The van der Waals surface area contributed by atoms with Gasteiger partial charge in [-0.3, -0.25) is 4.79 Å². The topological polar surface area (TPSA) is 84.7 Å². The van der Waals surface area contributed by atoms with Gasteiger partial charge < -0.3 is 14.7 Å². The molecule has 9 heteroatoms. The molecule has 0 aliphatic carbocycles. The lowest BCUT2D eigenvalue weighted by Crippen LogP contribution is -2.52. The van der Waals surface area contributed by atoms with E-state index in [9.17, 15) is 19.1 Å². The van der Waals surface area contributed by atoms with E-state index in [0.717, 1.165) is 15.9 Å². The molecule has 0 bridgehead atoms. The van der Waals surface area contributed by atoms with Crippen LogP contribution < -0.4 is 0 Å². The van der Waals surface area contributed by atoms with Crippen molar-refractivity contribution in [2.45, 2.75) is 13.0 Å². The predicted molar refractivity (Wildman–Crippen MR) is 96.9 cm³/mol. The number of carbonyl (C=O) groups excluding carboxylic acids is 1. The van der Waals surface area contributed by atoms with Gasteiger partial charge in [-0.1, -0.05) is 0 Å². The maximum absolute atomic E-state index is 13.2. The van der Waals surface area contributed by atoms with Crippen LogP contribution in [0.2, 0.25) is 0 Å². The van der Waals surface area contributed by atoms with Crippen LogP contribution in [0.1, 0.15) is 15.4 Å². The minimum Gasteiger partial charge on any atom is -0.480 e. The summed E-state index contributed by atoms with van der Waals surface area (Å²) in [5.41, 5.74) is 1.42. The van der Waals surface area contributed by atoms with Crippen molar-refractivity contribution in [2.24, 2.45) is 0 Å². The lowest BCUT2D eigenvalue weighted by atomic mass is 10.2. The number of morpholine rings is 1. The third kappa shape index (κ3) is 3.08. The van der Waals surface area contributed by atoms with Gasteiger partial charge in [0.05, 0.1) is 29.5 Å². The van der Waals surface area contributed by atoms with Crippen molar-refractivity contribution < 1.29 is 23.8 Å². The van der Waals surface area contributed by atoms with Gasteiger partial charge in [0.1, 0.15) is 10.6 Å². The average Bonchev–Trinajstić information content (AvgIpc) is 3.23. The molecule has 0 radical (unpaired) electrons. The molecule has 1 atom stereocenters. The van der Waals surface area contributed by atoms with Crippen molar-refractivity contribution in [1.82, 2.24) is 14.7 Å². The van der Waals surface area contributed by atoms with Crippen LogP contribution in [0, 0.1) is 12.7 Å². The van der Waals surface area contributed by atoms with Gasteiger partial charge in [0.25, 0.3) is 5.91 Å². The summed E-state index contributed by atoms with van der Waals surface area (Å²) < 4.78 is 20.1. The zero-order valence-electron chi connectivity index (χ0n) is 14.4. The standard InChI is InChI=1S/C18H16FN3O4S/c1-10-13-8-15(16(23)21-6-7-26-9-14(21)18(24)25)27-17(13)22(20-10)12-4-2-11(19)3-5-12/h2-5,8,14H,6-7,9H2,1H3,(H,24,25). The highest BCUT2D eigenvalue weighted by atomic mass is 32.1. The third-order valence-corrected chi connectivity index (χ3v) is 5.60. The number of aliphatic carboxylic acids is 1. The Balaban J connectivity index is 1.73. The summed E-state index contributed by atoms with van der Waals surface area (Å²) in [6.45, 7) is 2.35. The first kappa shape index (κ1) is 17.6. The fourth-order valence-corrected chi connectivity index (χ4v) is 4.24. The van der Waals surface area contributed by atoms with E-state index in [4.69, 9.17) is 4.74 Å². The first-order valence-electron chi connectivity index (χ1n) is 8.32. The number of nitrogens with zero attached hydrogens (tertiary/aromatic N) is 3. The highest BCUT2D eigenvalue weighted by Crippen LogP contribution is 2.31. The molecule has 1 unspecified atom stereocenters. The molecule has 1 amide bonds. The smallest absolute Gasteiger partial charge is 0.328 e. The van der Waals surface area contributed by atoms with Crippen molar-refractivity contribution in [3.05, 3.63) is 46.7 Å². The van der Waals surface area contributed by atoms with Crippen LogP contribution in [-0.2, 0) is 9.53 Å². The van der Waals surface area contributed by atoms with Crippen LogP contribution in [0.3, 0.4) is 0 Å². The van der Waals surface area contributed by atoms with E-state index in [0.29, 0.717) is 17.2 Å². The number of amides is 1. The molecule has 27 heavy (non-hydrogen) atoms. The van der Waals surface area contributed by atoms with Gasteiger partial charge in [0.2, 0.25) is 0 Å². The maximum atomic E-state index is 13.2. The molecule has 4 rings (SSSR count). The summed E-state index contributed by atoms with van der Waals surface area (Å²) >= 11 is 1.24. The Labute approximate surface area is 157 Å². The van der Waals surface area contributed by atoms with Crippen LogP contribution >= 0.6 is 11.3 Å². The Morgan fingerprint density at radius 2 is 2.07 bits per heavy atom. The normalized spacial score (nSPS) is 17.4. The molecular formula is C18H16FN3O4S. The van der Waals surface area contributed by atoms with Gasteiger partial charge in [-0.05, 0) is 37.3 Å². The highest BCUT2D eigenvalue weighted by molar-refractivity contribution is 7.20. The number of halogens is 1. The molecule has 7 nitrogen and oxygen atoms in total. The Kier molecular flexibility index (Phi) is 4.40. The number of aromatic nitrogens is 2. The van der Waals surface area contributed by atoms with Crippen LogP contribution in [0.4, 0.5) is 4.39 Å².